The highest BCUT2D eigenvalue weighted by Gasteiger charge is 2.18. The molecule has 0 spiro atoms. The topological polar surface area (TPSA) is 26.3 Å². The second-order valence-corrected chi connectivity index (χ2v) is 5.04. The van der Waals surface area contributed by atoms with Gasteiger partial charge in [-0.05, 0) is 18.6 Å². The first-order valence-electron chi connectivity index (χ1n) is 5.95. The van der Waals surface area contributed by atoms with Crippen molar-refractivity contribution in [2.24, 2.45) is 0 Å². The zero-order chi connectivity index (χ0) is 11.5. The molecule has 90 valence electrons. The maximum Gasteiger partial charge on any atom is 0.318 e. The zero-order valence-corrected chi connectivity index (χ0v) is 11.1. The highest BCUT2D eigenvalue weighted by atomic mass is 32.2. The van der Waals surface area contributed by atoms with E-state index in [1.807, 2.05) is 0 Å². The fraction of sp³-hybridized carbons (Fsp3) is 0.917. The standard InChI is InChI=1S/C12H24O2S/c1-4-6-8-10-15-11(9-7-5-2)12(13)14-3/h11H,4-10H2,1-3H3. The number of unbranched alkanes of at least 4 members (excludes halogenated alkanes) is 3. The molecule has 1 unspecified atom stereocenters. The van der Waals surface area contributed by atoms with Gasteiger partial charge in [0.25, 0.3) is 0 Å². The van der Waals surface area contributed by atoms with E-state index in [1.165, 1.54) is 26.4 Å². The first kappa shape index (κ1) is 14.8. The summed E-state index contributed by atoms with van der Waals surface area (Å²) < 4.78 is 4.81. The summed E-state index contributed by atoms with van der Waals surface area (Å²) in [5.74, 6) is 1.03. The molecule has 0 aromatic rings. The predicted octanol–water partition coefficient (Wildman–Crippen LogP) is 3.64. The lowest BCUT2D eigenvalue weighted by atomic mass is 10.2. The monoisotopic (exact) mass is 232 g/mol. The van der Waals surface area contributed by atoms with Gasteiger partial charge in [0.05, 0.1) is 7.11 Å². The lowest BCUT2D eigenvalue weighted by molar-refractivity contribution is -0.140. The van der Waals surface area contributed by atoms with E-state index in [1.54, 1.807) is 11.8 Å². The summed E-state index contributed by atoms with van der Waals surface area (Å²) in [6.45, 7) is 4.34. The quantitative estimate of drug-likeness (QED) is 0.448. The number of carbonyl (C=O) groups is 1. The van der Waals surface area contributed by atoms with Crippen molar-refractivity contribution >= 4 is 17.7 Å². The molecule has 0 saturated carbocycles. The molecule has 0 radical (unpaired) electrons. The van der Waals surface area contributed by atoms with Crippen LogP contribution in [0.1, 0.15) is 52.4 Å². The minimum absolute atomic E-state index is 0.0510. The summed E-state index contributed by atoms with van der Waals surface area (Å²) in [5.41, 5.74) is 0. The Kier molecular flexibility index (Phi) is 10.2. The van der Waals surface area contributed by atoms with Crippen LogP contribution >= 0.6 is 11.8 Å². The van der Waals surface area contributed by atoms with Crippen LogP contribution < -0.4 is 0 Å². The van der Waals surface area contributed by atoms with E-state index in [-0.39, 0.29) is 11.2 Å². The third-order valence-corrected chi connectivity index (χ3v) is 3.71. The van der Waals surface area contributed by atoms with Crippen molar-refractivity contribution in [1.82, 2.24) is 0 Å². The first-order valence-corrected chi connectivity index (χ1v) is 7.00. The largest absolute Gasteiger partial charge is 0.468 e. The number of ether oxygens (including phenoxy) is 1. The van der Waals surface area contributed by atoms with Gasteiger partial charge in [0.2, 0.25) is 0 Å². The van der Waals surface area contributed by atoms with E-state index in [2.05, 4.69) is 13.8 Å². The molecule has 0 aliphatic carbocycles. The molecular weight excluding hydrogens is 208 g/mol. The highest BCUT2D eigenvalue weighted by Crippen LogP contribution is 2.20. The van der Waals surface area contributed by atoms with Crippen LogP contribution in [-0.4, -0.2) is 24.1 Å². The Morgan fingerprint density at radius 3 is 2.40 bits per heavy atom. The molecule has 0 amide bonds. The average Bonchev–Trinajstić information content (AvgIpc) is 2.27. The molecule has 0 aromatic heterocycles. The molecule has 0 aliphatic heterocycles. The van der Waals surface area contributed by atoms with Gasteiger partial charge >= 0.3 is 5.97 Å². The molecule has 1 atom stereocenters. The summed E-state index contributed by atoms with van der Waals surface area (Å²) in [7, 11) is 1.48. The molecule has 0 aromatic carbocycles. The van der Waals surface area contributed by atoms with Crippen LogP contribution in [0.15, 0.2) is 0 Å². The van der Waals surface area contributed by atoms with Crippen molar-refractivity contribution < 1.29 is 9.53 Å². The number of hydrogen-bond acceptors (Lipinski definition) is 3. The summed E-state index contributed by atoms with van der Waals surface area (Å²) in [6, 6.07) is 0. The Morgan fingerprint density at radius 2 is 1.87 bits per heavy atom. The van der Waals surface area contributed by atoms with E-state index in [0.29, 0.717) is 0 Å². The van der Waals surface area contributed by atoms with E-state index in [0.717, 1.165) is 25.0 Å². The molecule has 0 saturated heterocycles. The molecule has 0 bridgehead atoms. The zero-order valence-electron chi connectivity index (χ0n) is 10.3. The normalized spacial score (nSPS) is 12.5. The van der Waals surface area contributed by atoms with Gasteiger partial charge in [-0.1, -0.05) is 39.5 Å². The Labute approximate surface area is 98.2 Å². The fourth-order valence-corrected chi connectivity index (χ4v) is 2.59. The molecular formula is C12H24O2S. The van der Waals surface area contributed by atoms with E-state index >= 15 is 0 Å². The minimum Gasteiger partial charge on any atom is -0.468 e. The number of esters is 1. The van der Waals surface area contributed by atoms with Crippen LogP contribution in [0.3, 0.4) is 0 Å². The van der Waals surface area contributed by atoms with Crippen LogP contribution in [0.4, 0.5) is 0 Å². The Morgan fingerprint density at radius 1 is 1.20 bits per heavy atom. The minimum atomic E-state index is -0.0510. The van der Waals surface area contributed by atoms with Gasteiger partial charge in [-0.3, -0.25) is 4.79 Å². The third-order valence-electron chi connectivity index (χ3n) is 2.35. The highest BCUT2D eigenvalue weighted by molar-refractivity contribution is 8.00. The fourth-order valence-electron chi connectivity index (χ4n) is 1.37. The van der Waals surface area contributed by atoms with Gasteiger partial charge < -0.3 is 4.74 Å². The molecule has 0 rings (SSSR count). The van der Waals surface area contributed by atoms with Gasteiger partial charge in [0.1, 0.15) is 5.25 Å². The number of methoxy groups -OCH3 is 1. The summed E-state index contributed by atoms with van der Waals surface area (Å²) in [4.78, 5) is 11.4. The second-order valence-electron chi connectivity index (χ2n) is 3.73. The number of hydrogen-bond donors (Lipinski definition) is 0. The van der Waals surface area contributed by atoms with Crippen LogP contribution in [0.25, 0.3) is 0 Å². The van der Waals surface area contributed by atoms with Gasteiger partial charge in [-0.2, -0.15) is 0 Å². The van der Waals surface area contributed by atoms with Crippen molar-refractivity contribution in [3.63, 3.8) is 0 Å². The van der Waals surface area contributed by atoms with E-state index in [9.17, 15) is 4.79 Å². The lowest BCUT2D eigenvalue weighted by Gasteiger charge is -2.13. The van der Waals surface area contributed by atoms with Gasteiger partial charge in [0, 0.05) is 0 Å². The Bertz CT molecular complexity index is 160. The van der Waals surface area contributed by atoms with Crippen molar-refractivity contribution in [1.29, 1.82) is 0 Å². The van der Waals surface area contributed by atoms with Crippen LogP contribution in [0.5, 0.6) is 0 Å². The number of thioether (sulfide) groups is 1. The third kappa shape index (κ3) is 7.71. The van der Waals surface area contributed by atoms with Crippen molar-refractivity contribution in [3.8, 4) is 0 Å². The smallest absolute Gasteiger partial charge is 0.318 e. The maximum atomic E-state index is 11.4. The Balaban J connectivity index is 3.74. The van der Waals surface area contributed by atoms with Crippen molar-refractivity contribution in [2.45, 2.75) is 57.6 Å². The molecule has 3 heteroatoms. The average molecular weight is 232 g/mol. The van der Waals surface area contributed by atoms with Gasteiger partial charge in [-0.15, -0.1) is 11.8 Å². The SMILES string of the molecule is CCCCCSC(CCCC)C(=O)OC. The first-order chi connectivity index (χ1) is 7.26. The van der Waals surface area contributed by atoms with Crippen molar-refractivity contribution in [2.75, 3.05) is 12.9 Å². The van der Waals surface area contributed by atoms with Crippen LogP contribution in [-0.2, 0) is 9.53 Å². The van der Waals surface area contributed by atoms with Crippen LogP contribution in [0.2, 0.25) is 0 Å². The summed E-state index contributed by atoms with van der Waals surface area (Å²) >= 11 is 1.76. The van der Waals surface area contributed by atoms with Crippen LogP contribution in [0, 0.1) is 0 Å². The molecule has 0 heterocycles. The molecule has 0 N–H and O–H groups in total. The van der Waals surface area contributed by atoms with E-state index in [4.69, 9.17) is 4.74 Å². The second kappa shape index (κ2) is 10.3. The predicted molar refractivity (Wildman–Crippen MR) is 67.3 cm³/mol. The summed E-state index contributed by atoms with van der Waals surface area (Å²) in [6.07, 6.45) is 6.91. The van der Waals surface area contributed by atoms with Gasteiger partial charge in [0.15, 0.2) is 0 Å². The van der Waals surface area contributed by atoms with Gasteiger partial charge in [-0.25, -0.2) is 0 Å². The maximum absolute atomic E-state index is 11.4. The number of carbonyl (C=O) groups excluding carboxylic acids is 1. The van der Waals surface area contributed by atoms with Crippen molar-refractivity contribution in [3.05, 3.63) is 0 Å². The lowest BCUT2D eigenvalue weighted by Crippen LogP contribution is -2.19. The summed E-state index contributed by atoms with van der Waals surface area (Å²) in [5, 5.41) is 0.0619. The van der Waals surface area contributed by atoms with E-state index < -0.39 is 0 Å². The molecule has 0 fully saturated rings. The molecule has 2 nitrogen and oxygen atoms in total. The molecule has 15 heavy (non-hydrogen) atoms. The number of rotatable bonds is 9. The molecule has 0 aliphatic rings. The Hall–Kier alpha value is -0.180.